The summed E-state index contributed by atoms with van der Waals surface area (Å²) >= 11 is 0. The Bertz CT molecular complexity index is 198. The zero-order chi connectivity index (χ0) is 9.94. The highest BCUT2D eigenvalue weighted by atomic mass is 16.6. The molecule has 0 N–H and O–H groups in total. The number of amides is 1. The lowest BCUT2D eigenvalue weighted by atomic mass is 10.2. The first kappa shape index (κ1) is 10.9. The van der Waals surface area contributed by atoms with Gasteiger partial charge in [-0.25, -0.2) is 0 Å². The number of nitrogens with zero attached hydrogens (tertiary/aromatic N) is 1. The third-order valence-electron chi connectivity index (χ3n) is 1.67. The number of esters is 1. The Morgan fingerprint density at radius 3 is 1.92 bits per heavy atom. The third kappa shape index (κ3) is 2.90. The standard InChI is InChI=1S/C8H15NO3/c1-6(10)9(5)8(3,4)12-7(2)11/h1-5H3. The number of rotatable bonds is 2. The summed E-state index contributed by atoms with van der Waals surface area (Å²) in [5.41, 5.74) is -0.863. The molecule has 0 aromatic rings. The number of hydrogen-bond donors (Lipinski definition) is 0. The van der Waals surface area contributed by atoms with Crippen LogP contribution in [0.15, 0.2) is 0 Å². The Morgan fingerprint density at radius 1 is 1.25 bits per heavy atom. The molecule has 0 bridgehead atoms. The molecule has 0 aromatic carbocycles. The largest absolute Gasteiger partial charge is 0.440 e. The van der Waals surface area contributed by atoms with E-state index in [1.165, 1.54) is 18.7 Å². The third-order valence-corrected chi connectivity index (χ3v) is 1.67. The number of carbonyl (C=O) groups excluding carboxylic acids is 2. The highest BCUT2D eigenvalue weighted by Gasteiger charge is 2.28. The molecule has 0 spiro atoms. The fourth-order valence-corrected chi connectivity index (χ4v) is 0.799. The van der Waals surface area contributed by atoms with E-state index in [0.29, 0.717) is 0 Å². The maximum Gasteiger partial charge on any atom is 0.304 e. The zero-order valence-electron chi connectivity index (χ0n) is 8.17. The van der Waals surface area contributed by atoms with Gasteiger partial charge >= 0.3 is 5.97 Å². The maximum atomic E-state index is 10.9. The van der Waals surface area contributed by atoms with E-state index in [1.54, 1.807) is 20.9 Å². The second-order valence-corrected chi connectivity index (χ2v) is 3.12. The van der Waals surface area contributed by atoms with Gasteiger partial charge in [0.1, 0.15) is 0 Å². The highest BCUT2D eigenvalue weighted by molar-refractivity contribution is 5.74. The molecule has 0 heterocycles. The number of ether oxygens (including phenoxy) is 1. The summed E-state index contributed by atoms with van der Waals surface area (Å²) in [5, 5.41) is 0. The molecule has 0 aliphatic rings. The van der Waals surface area contributed by atoms with Crippen LogP contribution in [0.2, 0.25) is 0 Å². The molecule has 4 heteroatoms. The van der Waals surface area contributed by atoms with Crippen molar-refractivity contribution in [3.63, 3.8) is 0 Å². The van der Waals surface area contributed by atoms with E-state index < -0.39 is 11.7 Å². The molecule has 4 nitrogen and oxygen atoms in total. The van der Waals surface area contributed by atoms with E-state index in [9.17, 15) is 9.59 Å². The molecular formula is C8H15NO3. The van der Waals surface area contributed by atoms with Gasteiger partial charge in [0.25, 0.3) is 0 Å². The van der Waals surface area contributed by atoms with Crippen molar-refractivity contribution in [3.05, 3.63) is 0 Å². The predicted octanol–water partition coefficient (Wildman–Crippen LogP) is 0.764. The van der Waals surface area contributed by atoms with E-state index >= 15 is 0 Å². The van der Waals surface area contributed by atoms with Crippen LogP contribution in [-0.2, 0) is 14.3 Å². The molecule has 1 amide bonds. The first-order chi connectivity index (χ1) is 5.27. The molecule has 0 radical (unpaired) electrons. The lowest BCUT2D eigenvalue weighted by molar-refractivity contribution is -0.176. The summed E-state index contributed by atoms with van der Waals surface area (Å²) < 4.78 is 4.93. The van der Waals surface area contributed by atoms with Gasteiger partial charge in [-0.1, -0.05) is 0 Å². The zero-order valence-corrected chi connectivity index (χ0v) is 8.17. The van der Waals surface area contributed by atoms with Gasteiger partial charge in [-0.05, 0) is 13.8 Å². The van der Waals surface area contributed by atoms with Crippen molar-refractivity contribution in [2.75, 3.05) is 7.05 Å². The number of carbonyl (C=O) groups is 2. The molecule has 0 aromatic heterocycles. The minimum atomic E-state index is -0.863. The topological polar surface area (TPSA) is 46.6 Å². The van der Waals surface area contributed by atoms with Crippen molar-refractivity contribution in [1.82, 2.24) is 4.90 Å². The molecule has 0 saturated carbocycles. The Balaban J connectivity index is 4.38. The van der Waals surface area contributed by atoms with Gasteiger partial charge in [0, 0.05) is 20.9 Å². The van der Waals surface area contributed by atoms with Crippen LogP contribution >= 0.6 is 0 Å². The first-order valence-electron chi connectivity index (χ1n) is 3.71. The molecule has 0 fully saturated rings. The predicted molar refractivity (Wildman–Crippen MR) is 44.3 cm³/mol. The van der Waals surface area contributed by atoms with Gasteiger partial charge in [-0.2, -0.15) is 0 Å². The van der Waals surface area contributed by atoms with E-state index in [2.05, 4.69) is 0 Å². The molecule has 0 aliphatic heterocycles. The van der Waals surface area contributed by atoms with Gasteiger partial charge in [-0.3, -0.25) is 9.59 Å². The van der Waals surface area contributed by atoms with Crippen molar-refractivity contribution >= 4 is 11.9 Å². The molecule has 70 valence electrons. The van der Waals surface area contributed by atoms with Gasteiger partial charge < -0.3 is 9.64 Å². The second-order valence-electron chi connectivity index (χ2n) is 3.12. The Labute approximate surface area is 72.5 Å². The molecule has 12 heavy (non-hydrogen) atoms. The fraction of sp³-hybridized carbons (Fsp3) is 0.750. The average molecular weight is 173 g/mol. The van der Waals surface area contributed by atoms with Crippen LogP contribution in [0, 0.1) is 0 Å². The monoisotopic (exact) mass is 173 g/mol. The minimum absolute atomic E-state index is 0.138. The summed E-state index contributed by atoms with van der Waals surface area (Å²) in [7, 11) is 1.59. The molecule has 0 rings (SSSR count). The summed E-state index contributed by atoms with van der Waals surface area (Å²) in [5.74, 6) is -0.533. The normalized spacial score (nSPS) is 10.8. The highest BCUT2D eigenvalue weighted by Crippen LogP contribution is 2.13. The van der Waals surface area contributed by atoms with E-state index in [-0.39, 0.29) is 5.91 Å². The van der Waals surface area contributed by atoms with Gasteiger partial charge in [0.05, 0.1) is 0 Å². The van der Waals surface area contributed by atoms with Crippen LogP contribution in [0.1, 0.15) is 27.7 Å². The average Bonchev–Trinajstić information content (AvgIpc) is 1.82. The molecule has 0 saturated heterocycles. The second kappa shape index (κ2) is 3.56. The van der Waals surface area contributed by atoms with Crippen LogP contribution in [0.4, 0.5) is 0 Å². The summed E-state index contributed by atoms with van der Waals surface area (Å²) in [6.45, 7) is 6.06. The van der Waals surface area contributed by atoms with Crippen molar-refractivity contribution < 1.29 is 14.3 Å². The Kier molecular flexibility index (Phi) is 3.24. The minimum Gasteiger partial charge on any atom is -0.440 e. The van der Waals surface area contributed by atoms with Crippen LogP contribution in [-0.4, -0.2) is 29.5 Å². The summed E-state index contributed by atoms with van der Waals surface area (Å²) in [6.07, 6.45) is 0. The van der Waals surface area contributed by atoms with Crippen LogP contribution < -0.4 is 0 Å². The van der Waals surface area contributed by atoms with Crippen molar-refractivity contribution in [1.29, 1.82) is 0 Å². The van der Waals surface area contributed by atoms with Crippen molar-refractivity contribution in [2.45, 2.75) is 33.4 Å². The van der Waals surface area contributed by atoms with Gasteiger partial charge in [0.15, 0.2) is 5.72 Å². The van der Waals surface area contributed by atoms with Crippen molar-refractivity contribution in [3.8, 4) is 0 Å². The van der Waals surface area contributed by atoms with Crippen molar-refractivity contribution in [2.24, 2.45) is 0 Å². The smallest absolute Gasteiger partial charge is 0.304 e. The lowest BCUT2D eigenvalue weighted by Gasteiger charge is -2.33. The van der Waals surface area contributed by atoms with E-state index in [1.807, 2.05) is 0 Å². The summed E-state index contributed by atoms with van der Waals surface area (Å²) in [6, 6.07) is 0. The van der Waals surface area contributed by atoms with Gasteiger partial charge in [0.2, 0.25) is 5.91 Å². The number of hydrogen-bond acceptors (Lipinski definition) is 3. The quantitative estimate of drug-likeness (QED) is 0.457. The SMILES string of the molecule is CC(=O)OC(C)(C)N(C)C(C)=O. The van der Waals surface area contributed by atoms with Gasteiger partial charge in [-0.15, -0.1) is 0 Å². The lowest BCUT2D eigenvalue weighted by Crippen LogP contribution is -2.46. The Morgan fingerprint density at radius 2 is 1.67 bits per heavy atom. The van der Waals surface area contributed by atoms with Crippen LogP contribution in [0.3, 0.4) is 0 Å². The van der Waals surface area contributed by atoms with E-state index in [0.717, 1.165) is 0 Å². The Hall–Kier alpha value is -1.06. The first-order valence-corrected chi connectivity index (χ1v) is 3.71. The molecule has 0 unspecified atom stereocenters. The molecule has 0 atom stereocenters. The maximum absolute atomic E-state index is 10.9. The fourth-order valence-electron chi connectivity index (χ4n) is 0.799. The van der Waals surface area contributed by atoms with E-state index in [4.69, 9.17) is 4.74 Å². The van der Waals surface area contributed by atoms with Crippen LogP contribution in [0.5, 0.6) is 0 Å². The molecular weight excluding hydrogens is 158 g/mol. The molecule has 0 aliphatic carbocycles. The summed E-state index contributed by atoms with van der Waals surface area (Å²) in [4.78, 5) is 22.9. The van der Waals surface area contributed by atoms with Crippen LogP contribution in [0.25, 0.3) is 0 Å².